The van der Waals surface area contributed by atoms with Crippen molar-refractivity contribution in [2.24, 2.45) is 0 Å². The van der Waals surface area contributed by atoms with Crippen molar-refractivity contribution in [1.29, 1.82) is 0 Å². The molecule has 0 aliphatic heterocycles. The van der Waals surface area contributed by atoms with E-state index in [2.05, 4.69) is 86.0 Å². The van der Waals surface area contributed by atoms with Crippen LogP contribution in [0.5, 0.6) is 0 Å². The first-order chi connectivity index (χ1) is 11.5. The molecule has 1 nitrogen and oxygen atoms in total. The van der Waals surface area contributed by atoms with Crippen molar-refractivity contribution in [2.75, 3.05) is 0 Å². The van der Waals surface area contributed by atoms with Crippen molar-refractivity contribution in [3.05, 3.63) is 71.8 Å². The second kappa shape index (κ2) is 4.51. The average Bonchev–Trinajstić information content (AvgIpc) is 3.06. The molecule has 4 aromatic rings. The molecule has 1 aliphatic rings. The van der Waals surface area contributed by atoms with Crippen molar-refractivity contribution < 1.29 is 0 Å². The number of hydrogen-bond donors (Lipinski definition) is 0. The maximum Gasteiger partial charge on any atom is 0.0535 e. The Morgan fingerprint density at radius 2 is 1.50 bits per heavy atom. The van der Waals surface area contributed by atoms with E-state index in [9.17, 15) is 0 Å². The second-order valence-corrected chi connectivity index (χ2v) is 7.88. The summed E-state index contributed by atoms with van der Waals surface area (Å²) in [5.74, 6) is 0. The van der Waals surface area contributed by atoms with Crippen LogP contribution in [-0.4, -0.2) is 4.57 Å². The third-order valence-corrected chi connectivity index (χ3v) is 5.24. The fourth-order valence-electron chi connectivity index (χ4n) is 4.31. The van der Waals surface area contributed by atoms with Gasteiger partial charge in [-0.3, -0.25) is 0 Å². The molecule has 0 N–H and O–H groups in total. The molecule has 0 spiro atoms. The first-order valence-corrected chi connectivity index (χ1v) is 8.69. The van der Waals surface area contributed by atoms with E-state index in [1.807, 2.05) is 0 Å². The van der Waals surface area contributed by atoms with Gasteiger partial charge in [0.05, 0.1) is 5.69 Å². The molecule has 0 bridgehead atoms. The molecule has 0 fully saturated rings. The van der Waals surface area contributed by atoms with Gasteiger partial charge < -0.3 is 4.57 Å². The molecule has 118 valence electrons. The Kier molecular flexibility index (Phi) is 2.60. The third-order valence-electron chi connectivity index (χ3n) is 5.24. The summed E-state index contributed by atoms with van der Waals surface area (Å²) in [7, 11) is 0. The standard InChI is InChI=1S/C23H21N/c1-23(2,3)24-21-11-7-6-10-18(21)20-14-17-12-15-8-4-5-9-16(15)13-19(17)22(20)24/h4-13H,14H2,1-3H3. The highest BCUT2D eigenvalue weighted by Gasteiger charge is 2.30. The summed E-state index contributed by atoms with van der Waals surface area (Å²) in [6.07, 6.45) is 1.04. The quantitative estimate of drug-likeness (QED) is 0.324. The van der Waals surface area contributed by atoms with Gasteiger partial charge in [-0.1, -0.05) is 48.5 Å². The van der Waals surface area contributed by atoms with E-state index in [1.54, 1.807) is 0 Å². The van der Waals surface area contributed by atoms with E-state index in [0.717, 1.165) is 6.42 Å². The number of nitrogens with zero attached hydrogens (tertiary/aromatic N) is 1. The second-order valence-electron chi connectivity index (χ2n) is 7.88. The normalized spacial score (nSPS) is 13.5. The first-order valence-electron chi connectivity index (χ1n) is 8.69. The lowest BCUT2D eigenvalue weighted by molar-refractivity contribution is 0.415. The Balaban J connectivity index is 1.92. The topological polar surface area (TPSA) is 4.93 Å². The van der Waals surface area contributed by atoms with Crippen LogP contribution in [0.4, 0.5) is 0 Å². The summed E-state index contributed by atoms with van der Waals surface area (Å²) < 4.78 is 2.54. The van der Waals surface area contributed by atoms with Gasteiger partial charge in [0.25, 0.3) is 0 Å². The molecule has 5 rings (SSSR count). The molecule has 0 saturated carbocycles. The largest absolute Gasteiger partial charge is 0.335 e. The smallest absolute Gasteiger partial charge is 0.0535 e. The lowest BCUT2D eigenvalue weighted by Crippen LogP contribution is -2.22. The van der Waals surface area contributed by atoms with Crippen LogP contribution >= 0.6 is 0 Å². The maximum absolute atomic E-state index is 2.54. The third kappa shape index (κ3) is 1.76. The molecule has 0 amide bonds. The van der Waals surface area contributed by atoms with Crippen LogP contribution in [0.15, 0.2) is 60.7 Å². The van der Waals surface area contributed by atoms with Crippen molar-refractivity contribution in [1.82, 2.24) is 4.57 Å². The minimum atomic E-state index is 0.0560. The van der Waals surface area contributed by atoms with Crippen LogP contribution in [0.3, 0.4) is 0 Å². The highest BCUT2D eigenvalue weighted by atomic mass is 15.1. The molecule has 0 atom stereocenters. The van der Waals surface area contributed by atoms with Gasteiger partial charge in [0.2, 0.25) is 0 Å². The summed E-state index contributed by atoms with van der Waals surface area (Å²) >= 11 is 0. The average molecular weight is 311 g/mol. The Morgan fingerprint density at radius 3 is 2.25 bits per heavy atom. The fourth-order valence-corrected chi connectivity index (χ4v) is 4.31. The zero-order valence-corrected chi connectivity index (χ0v) is 14.4. The minimum Gasteiger partial charge on any atom is -0.335 e. The molecule has 0 radical (unpaired) electrons. The number of aromatic nitrogens is 1. The molecular formula is C23H21N. The number of benzene rings is 3. The molecule has 0 saturated heterocycles. The first kappa shape index (κ1) is 13.9. The molecule has 3 aromatic carbocycles. The molecule has 1 heteroatoms. The summed E-state index contributed by atoms with van der Waals surface area (Å²) in [5.41, 5.74) is 7.20. The van der Waals surface area contributed by atoms with Gasteiger partial charge in [-0.05, 0) is 54.8 Å². The summed E-state index contributed by atoms with van der Waals surface area (Å²) in [4.78, 5) is 0. The zero-order chi connectivity index (χ0) is 16.5. The molecule has 24 heavy (non-hydrogen) atoms. The van der Waals surface area contributed by atoms with Crippen LogP contribution < -0.4 is 0 Å². The number of hydrogen-bond acceptors (Lipinski definition) is 0. The minimum absolute atomic E-state index is 0.0560. The Hall–Kier alpha value is -2.54. The van der Waals surface area contributed by atoms with Gasteiger partial charge in [0.1, 0.15) is 0 Å². The van der Waals surface area contributed by atoms with Gasteiger partial charge in [-0.2, -0.15) is 0 Å². The Bertz CT molecular complexity index is 1110. The highest BCUT2D eigenvalue weighted by molar-refractivity contribution is 5.99. The van der Waals surface area contributed by atoms with E-state index in [-0.39, 0.29) is 5.54 Å². The molecule has 1 aliphatic carbocycles. The highest BCUT2D eigenvalue weighted by Crippen LogP contribution is 2.46. The molecule has 1 heterocycles. The van der Waals surface area contributed by atoms with Gasteiger partial charge in [0, 0.05) is 28.4 Å². The van der Waals surface area contributed by atoms with E-state index < -0.39 is 0 Å². The zero-order valence-electron chi connectivity index (χ0n) is 14.4. The van der Waals surface area contributed by atoms with Crippen LogP contribution in [-0.2, 0) is 12.0 Å². The summed E-state index contributed by atoms with van der Waals surface area (Å²) in [6, 6.07) is 22.3. The van der Waals surface area contributed by atoms with E-state index >= 15 is 0 Å². The van der Waals surface area contributed by atoms with Crippen molar-refractivity contribution in [3.8, 4) is 11.3 Å². The van der Waals surface area contributed by atoms with E-state index in [0.29, 0.717) is 0 Å². The van der Waals surface area contributed by atoms with Gasteiger partial charge in [-0.15, -0.1) is 0 Å². The van der Waals surface area contributed by atoms with Gasteiger partial charge in [-0.25, -0.2) is 0 Å². The van der Waals surface area contributed by atoms with E-state index in [1.165, 1.54) is 44.1 Å². The van der Waals surface area contributed by atoms with Crippen LogP contribution in [0.2, 0.25) is 0 Å². The van der Waals surface area contributed by atoms with Crippen molar-refractivity contribution in [3.63, 3.8) is 0 Å². The Morgan fingerprint density at radius 1 is 0.833 bits per heavy atom. The number of fused-ring (bicyclic) bond motifs is 6. The van der Waals surface area contributed by atoms with Crippen LogP contribution in [0.25, 0.3) is 32.9 Å². The molecule has 1 aromatic heterocycles. The van der Waals surface area contributed by atoms with Crippen LogP contribution in [0.1, 0.15) is 31.9 Å². The Labute approximate surface area is 142 Å². The van der Waals surface area contributed by atoms with Gasteiger partial charge >= 0.3 is 0 Å². The van der Waals surface area contributed by atoms with Crippen molar-refractivity contribution >= 4 is 21.7 Å². The summed E-state index contributed by atoms with van der Waals surface area (Å²) in [6.45, 7) is 6.91. The van der Waals surface area contributed by atoms with Crippen LogP contribution in [0, 0.1) is 0 Å². The predicted octanol–water partition coefficient (Wildman–Crippen LogP) is 6.12. The lowest BCUT2D eigenvalue weighted by atomic mass is 10.0. The lowest BCUT2D eigenvalue weighted by Gasteiger charge is -2.26. The monoisotopic (exact) mass is 311 g/mol. The SMILES string of the molecule is CC(C)(C)n1c2c(c3ccccc31)Cc1cc3ccccc3cc1-2. The number of rotatable bonds is 0. The van der Waals surface area contributed by atoms with Crippen molar-refractivity contribution in [2.45, 2.75) is 32.7 Å². The summed E-state index contributed by atoms with van der Waals surface area (Å²) in [5, 5.41) is 4.07. The molecule has 0 unspecified atom stereocenters. The predicted molar refractivity (Wildman–Crippen MR) is 103 cm³/mol. The van der Waals surface area contributed by atoms with E-state index in [4.69, 9.17) is 0 Å². The fraction of sp³-hybridized carbons (Fsp3) is 0.217. The maximum atomic E-state index is 2.54. The van der Waals surface area contributed by atoms with Gasteiger partial charge in [0.15, 0.2) is 0 Å². The molecular weight excluding hydrogens is 290 g/mol. The number of para-hydroxylation sites is 1.